The van der Waals surface area contributed by atoms with Crippen molar-refractivity contribution in [2.24, 2.45) is 0 Å². The molecule has 0 radical (unpaired) electrons. The van der Waals surface area contributed by atoms with Crippen LogP contribution in [0.25, 0.3) is 0 Å². The smallest absolute Gasteiger partial charge is 0.339 e. The highest BCUT2D eigenvalue weighted by Crippen LogP contribution is 2.40. The lowest BCUT2D eigenvalue weighted by Crippen LogP contribution is -2.21. The minimum atomic E-state index is -0.722. The van der Waals surface area contributed by atoms with Gasteiger partial charge in [0.1, 0.15) is 6.10 Å². The quantitative estimate of drug-likeness (QED) is 0.469. The molecule has 0 bridgehead atoms. The van der Waals surface area contributed by atoms with Gasteiger partial charge >= 0.3 is 5.97 Å². The fourth-order valence-corrected chi connectivity index (χ4v) is 2.92. The van der Waals surface area contributed by atoms with Crippen LogP contribution >= 0.6 is 11.6 Å². The first-order valence-electron chi connectivity index (χ1n) is 6.70. The number of nitro benzene ring substituents is 1. The van der Waals surface area contributed by atoms with Crippen molar-refractivity contribution in [2.75, 3.05) is 20.8 Å². The first-order chi connectivity index (χ1) is 10.5. The normalized spacial score (nSPS) is 19.0. The molecule has 0 aliphatic carbocycles. The van der Waals surface area contributed by atoms with E-state index in [1.54, 1.807) is 0 Å². The van der Waals surface area contributed by atoms with Gasteiger partial charge in [0.05, 0.1) is 34.3 Å². The van der Waals surface area contributed by atoms with Crippen molar-refractivity contribution >= 4 is 23.3 Å². The van der Waals surface area contributed by atoms with Crippen LogP contribution < -0.4 is 0 Å². The summed E-state index contributed by atoms with van der Waals surface area (Å²) in [6, 6.07) is 2.51. The zero-order chi connectivity index (χ0) is 16.3. The molecule has 1 aromatic carbocycles. The fraction of sp³-hybridized carbons (Fsp3) is 0.500. The molecule has 1 saturated heterocycles. The van der Waals surface area contributed by atoms with Crippen LogP contribution in [0.2, 0.25) is 5.02 Å². The third-order valence-electron chi connectivity index (χ3n) is 3.60. The summed E-state index contributed by atoms with van der Waals surface area (Å²) in [7, 11) is 2.64. The number of methoxy groups -OCH3 is 2. The van der Waals surface area contributed by atoms with Gasteiger partial charge in [0.25, 0.3) is 5.69 Å². The standard InChI is InChI=1S/C14H16ClNO6/c1-20-13(10-4-3-7-22-10)11-9(16(18)19)6-5-8(12(11)15)14(17)21-2/h5-6,10,13H,3-4,7H2,1-2H3. The highest BCUT2D eigenvalue weighted by molar-refractivity contribution is 6.34. The zero-order valence-electron chi connectivity index (χ0n) is 12.2. The summed E-state index contributed by atoms with van der Waals surface area (Å²) in [5.41, 5.74) is -0.00576. The number of rotatable bonds is 5. The minimum Gasteiger partial charge on any atom is -0.465 e. The van der Waals surface area contributed by atoms with Crippen LogP contribution in [0.3, 0.4) is 0 Å². The monoisotopic (exact) mass is 329 g/mol. The van der Waals surface area contributed by atoms with Gasteiger partial charge in [-0.25, -0.2) is 4.79 Å². The predicted octanol–water partition coefficient (Wildman–Crippen LogP) is 2.90. The molecule has 2 unspecified atom stereocenters. The van der Waals surface area contributed by atoms with Crippen LogP contribution in [-0.4, -0.2) is 37.8 Å². The Balaban J connectivity index is 2.58. The van der Waals surface area contributed by atoms with Crippen LogP contribution in [0.1, 0.15) is 34.9 Å². The molecule has 0 aromatic heterocycles. The number of esters is 1. The SMILES string of the molecule is COC(=O)c1ccc([N+](=O)[O-])c(C(OC)C2CCCO2)c1Cl. The average molecular weight is 330 g/mol. The van der Waals surface area contributed by atoms with Crippen LogP contribution in [0, 0.1) is 10.1 Å². The Morgan fingerprint density at radius 1 is 1.50 bits per heavy atom. The Labute approximate surface area is 132 Å². The van der Waals surface area contributed by atoms with Crippen molar-refractivity contribution < 1.29 is 23.9 Å². The topological polar surface area (TPSA) is 87.9 Å². The molecule has 1 aliphatic rings. The number of halogens is 1. The Bertz CT molecular complexity index is 585. The van der Waals surface area contributed by atoms with E-state index in [-0.39, 0.29) is 27.9 Å². The summed E-state index contributed by atoms with van der Waals surface area (Å²) < 4.78 is 15.6. The third-order valence-corrected chi connectivity index (χ3v) is 4.01. The lowest BCUT2D eigenvalue weighted by molar-refractivity contribution is -0.386. The van der Waals surface area contributed by atoms with Gasteiger partial charge in [-0.05, 0) is 18.9 Å². The number of carbonyl (C=O) groups is 1. The molecule has 0 saturated carbocycles. The highest BCUT2D eigenvalue weighted by Gasteiger charge is 2.36. The molecule has 0 N–H and O–H groups in total. The molecule has 1 heterocycles. The van der Waals surface area contributed by atoms with Crippen LogP contribution in [0.5, 0.6) is 0 Å². The number of nitro groups is 1. The summed E-state index contributed by atoms with van der Waals surface area (Å²) in [5, 5.41) is 11.3. The summed E-state index contributed by atoms with van der Waals surface area (Å²) in [6.45, 7) is 0.562. The number of hydrogen-bond acceptors (Lipinski definition) is 6. The van der Waals surface area contributed by atoms with Gasteiger partial charge < -0.3 is 14.2 Å². The molecule has 1 aliphatic heterocycles. The van der Waals surface area contributed by atoms with E-state index < -0.39 is 17.0 Å². The number of benzene rings is 1. The third kappa shape index (κ3) is 3.06. The summed E-state index contributed by atoms with van der Waals surface area (Å²) in [6.07, 6.45) is 0.482. The van der Waals surface area contributed by atoms with Gasteiger partial charge in [0.2, 0.25) is 0 Å². The maximum absolute atomic E-state index is 11.8. The Kier molecular flexibility index (Phi) is 5.33. The van der Waals surface area contributed by atoms with Gasteiger partial charge in [0.15, 0.2) is 0 Å². The molecule has 22 heavy (non-hydrogen) atoms. The number of carbonyl (C=O) groups excluding carboxylic acids is 1. The van der Waals surface area contributed by atoms with Gasteiger partial charge in [-0.15, -0.1) is 0 Å². The van der Waals surface area contributed by atoms with Crippen molar-refractivity contribution in [3.8, 4) is 0 Å². The van der Waals surface area contributed by atoms with Gasteiger partial charge in [-0.3, -0.25) is 10.1 Å². The Hall–Kier alpha value is -1.70. The number of hydrogen-bond donors (Lipinski definition) is 0. The summed E-state index contributed by atoms with van der Waals surface area (Å²) in [5.74, 6) is -0.664. The van der Waals surface area contributed by atoms with E-state index >= 15 is 0 Å². The average Bonchev–Trinajstić information content (AvgIpc) is 3.02. The number of ether oxygens (including phenoxy) is 3. The van der Waals surface area contributed by atoms with E-state index in [4.69, 9.17) is 21.1 Å². The molecular weight excluding hydrogens is 314 g/mol. The van der Waals surface area contributed by atoms with E-state index in [0.717, 1.165) is 6.42 Å². The molecule has 1 aromatic rings. The van der Waals surface area contributed by atoms with Crippen molar-refractivity contribution in [1.82, 2.24) is 0 Å². The maximum Gasteiger partial charge on any atom is 0.339 e. The molecule has 2 rings (SSSR count). The minimum absolute atomic E-state index is 0.0385. The van der Waals surface area contributed by atoms with Crippen LogP contribution in [0.15, 0.2) is 12.1 Å². The van der Waals surface area contributed by atoms with E-state index in [1.165, 1.54) is 26.4 Å². The predicted molar refractivity (Wildman–Crippen MR) is 78.2 cm³/mol. The lowest BCUT2D eigenvalue weighted by Gasteiger charge is -2.23. The Morgan fingerprint density at radius 3 is 2.73 bits per heavy atom. The van der Waals surface area contributed by atoms with Crippen molar-refractivity contribution in [2.45, 2.75) is 25.0 Å². The molecular formula is C14H16ClNO6. The largest absolute Gasteiger partial charge is 0.465 e. The molecule has 0 amide bonds. The zero-order valence-corrected chi connectivity index (χ0v) is 13.0. The van der Waals surface area contributed by atoms with Crippen LogP contribution in [-0.2, 0) is 14.2 Å². The first-order valence-corrected chi connectivity index (χ1v) is 7.08. The van der Waals surface area contributed by atoms with Crippen molar-refractivity contribution in [3.63, 3.8) is 0 Å². The highest BCUT2D eigenvalue weighted by atomic mass is 35.5. The van der Waals surface area contributed by atoms with E-state index in [0.29, 0.717) is 13.0 Å². The lowest BCUT2D eigenvalue weighted by atomic mass is 9.98. The molecule has 7 nitrogen and oxygen atoms in total. The summed E-state index contributed by atoms with van der Waals surface area (Å²) >= 11 is 6.24. The van der Waals surface area contributed by atoms with E-state index in [2.05, 4.69) is 4.74 Å². The molecule has 120 valence electrons. The number of nitrogens with zero attached hydrogens (tertiary/aromatic N) is 1. The van der Waals surface area contributed by atoms with Gasteiger partial charge in [-0.2, -0.15) is 0 Å². The molecule has 1 fully saturated rings. The van der Waals surface area contributed by atoms with Gasteiger partial charge in [0, 0.05) is 19.8 Å². The maximum atomic E-state index is 11.8. The van der Waals surface area contributed by atoms with Crippen LogP contribution in [0.4, 0.5) is 5.69 Å². The molecule has 0 spiro atoms. The first kappa shape index (κ1) is 16.7. The second kappa shape index (κ2) is 7.04. The Morgan fingerprint density at radius 2 is 2.23 bits per heavy atom. The van der Waals surface area contributed by atoms with E-state index in [9.17, 15) is 14.9 Å². The second-order valence-corrected chi connectivity index (χ2v) is 5.19. The van der Waals surface area contributed by atoms with Crippen molar-refractivity contribution in [1.29, 1.82) is 0 Å². The van der Waals surface area contributed by atoms with Crippen molar-refractivity contribution in [3.05, 3.63) is 38.4 Å². The summed E-state index contributed by atoms with van der Waals surface area (Å²) in [4.78, 5) is 22.5. The van der Waals surface area contributed by atoms with Gasteiger partial charge in [-0.1, -0.05) is 11.6 Å². The second-order valence-electron chi connectivity index (χ2n) is 4.82. The molecule has 2 atom stereocenters. The fourth-order valence-electron chi connectivity index (χ4n) is 2.58. The molecule has 8 heteroatoms. The van der Waals surface area contributed by atoms with E-state index in [1.807, 2.05) is 0 Å².